The van der Waals surface area contributed by atoms with Gasteiger partial charge >= 0.3 is 5.97 Å². The second kappa shape index (κ2) is 5.47. The molecule has 4 heteroatoms. The molecule has 1 N–H and O–H groups in total. The van der Waals surface area contributed by atoms with E-state index in [4.69, 9.17) is 4.74 Å². The Morgan fingerprint density at radius 2 is 2.13 bits per heavy atom. The van der Waals surface area contributed by atoms with Crippen molar-refractivity contribution in [2.75, 3.05) is 32.8 Å². The molecular formula is C11H22N2O2. The van der Waals surface area contributed by atoms with Crippen LogP contribution in [0, 0.1) is 0 Å². The molecule has 0 aromatic rings. The highest BCUT2D eigenvalue weighted by atomic mass is 16.5. The topological polar surface area (TPSA) is 41.6 Å². The summed E-state index contributed by atoms with van der Waals surface area (Å²) in [5.41, 5.74) is -0.498. The Kier molecular flexibility index (Phi) is 4.54. The molecule has 0 aliphatic carbocycles. The van der Waals surface area contributed by atoms with Crippen LogP contribution in [0.3, 0.4) is 0 Å². The molecule has 0 radical (unpaired) electrons. The van der Waals surface area contributed by atoms with Crippen LogP contribution >= 0.6 is 0 Å². The second-order valence-electron chi connectivity index (χ2n) is 4.37. The molecule has 1 aliphatic rings. The molecule has 0 amide bonds. The van der Waals surface area contributed by atoms with Gasteiger partial charge in [-0.1, -0.05) is 0 Å². The van der Waals surface area contributed by atoms with Crippen LogP contribution in [0.2, 0.25) is 0 Å². The van der Waals surface area contributed by atoms with Gasteiger partial charge in [-0.15, -0.1) is 0 Å². The zero-order valence-corrected chi connectivity index (χ0v) is 10.0. The molecular weight excluding hydrogens is 192 g/mol. The highest BCUT2D eigenvalue weighted by molar-refractivity contribution is 5.79. The molecule has 0 spiro atoms. The molecule has 4 nitrogen and oxygen atoms in total. The zero-order valence-electron chi connectivity index (χ0n) is 10.0. The number of carbonyl (C=O) groups excluding carboxylic acids is 1. The monoisotopic (exact) mass is 214 g/mol. The molecule has 0 aromatic carbocycles. The van der Waals surface area contributed by atoms with Crippen molar-refractivity contribution in [1.82, 2.24) is 10.2 Å². The van der Waals surface area contributed by atoms with Crippen LogP contribution in [0.1, 0.15) is 27.2 Å². The third kappa shape index (κ3) is 3.18. The Hall–Kier alpha value is -0.610. The van der Waals surface area contributed by atoms with E-state index in [1.807, 2.05) is 20.8 Å². The van der Waals surface area contributed by atoms with Gasteiger partial charge in [0.25, 0.3) is 0 Å². The minimum Gasteiger partial charge on any atom is -0.465 e. The zero-order chi connectivity index (χ0) is 11.3. The summed E-state index contributed by atoms with van der Waals surface area (Å²) in [6.07, 6.45) is 1.09. The summed E-state index contributed by atoms with van der Waals surface area (Å²) in [7, 11) is 0. The summed E-state index contributed by atoms with van der Waals surface area (Å²) in [4.78, 5) is 14.0. The first-order valence-electron chi connectivity index (χ1n) is 5.72. The summed E-state index contributed by atoms with van der Waals surface area (Å²) in [5, 5.41) is 3.33. The van der Waals surface area contributed by atoms with Gasteiger partial charge < -0.3 is 10.1 Å². The lowest BCUT2D eigenvalue weighted by atomic mass is 10.0. The van der Waals surface area contributed by atoms with Gasteiger partial charge in [-0.05, 0) is 33.7 Å². The Morgan fingerprint density at radius 1 is 1.40 bits per heavy atom. The number of hydrogen-bond acceptors (Lipinski definition) is 4. The number of rotatable bonds is 3. The molecule has 1 rings (SSSR count). The molecule has 0 bridgehead atoms. The predicted octanol–water partition coefficient (Wildman–Crippen LogP) is 0.623. The van der Waals surface area contributed by atoms with E-state index in [2.05, 4.69) is 10.2 Å². The second-order valence-corrected chi connectivity index (χ2v) is 4.37. The summed E-state index contributed by atoms with van der Waals surface area (Å²) < 4.78 is 5.10. The van der Waals surface area contributed by atoms with E-state index in [1.54, 1.807) is 0 Å². The van der Waals surface area contributed by atoms with Gasteiger partial charge in [0.2, 0.25) is 0 Å². The van der Waals surface area contributed by atoms with Crippen molar-refractivity contribution >= 4 is 5.97 Å². The molecule has 88 valence electrons. The highest BCUT2D eigenvalue weighted by Crippen LogP contribution is 2.17. The maximum atomic E-state index is 11.8. The fourth-order valence-corrected chi connectivity index (χ4v) is 1.84. The third-order valence-corrected chi connectivity index (χ3v) is 2.91. The summed E-state index contributed by atoms with van der Waals surface area (Å²) >= 11 is 0. The van der Waals surface area contributed by atoms with Crippen LogP contribution in [0.4, 0.5) is 0 Å². The van der Waals surface area contributed by atoms with E-state index in [-0.39, 0.29) is 5.97 Å². The van der Waals surface area contributed by atoms with E-state index in [0.29, 0.717) is 6.61 Å². The van der Waals surface area contributed by atoms with E-state index in [9.17, 15) is 4.79 Å². The maximum Gasteiger partial charge on any atom is 0.325 e. The van der Waals surface area contributed by atoms with Crippen molar-refractivity contribution < 1.29 is 9.53 Å². The molecule has 0 aromatic heterocycles. The molecule has 0 unspecified atom stereocenters. The number of nitrogens with one attached hydrogen (secondary N) is 1. The lowest BCUT2D eigenvalue weighted by Gasteiger charge is -2.35. The van der Waals surface area contributed by atoms with Crippen molar-refractivity contribution in [3.8, 4) is 0 Å². The van der Waals surface area contributed by atoms with Crippen molar-refractivity contribution in [3.63, 3.8) is 0 Å². The Labute approximate surface area is 92.0 Å². The number of carbonyl (C=O) groups is 1. The molecule has 1 heterocycles. The van der Waals surface area contributed by atoms with Crippen LogP contribution in [0.25, 0.3) is 0 Å². The number of esters is 1. The normalized spacial score (nSPS) is 19.7. The van der Waals surface area contributed by atoms with Crippen LogP contribution in [0.15, 0.2) is 0 Å². The lowest BCUT2D eigenvalue weighted by molar-refractivity contribution is -0.155. The SMILES string of the molecule is CCOC(=O)C(C)(C)N1CCCNCC1. The smallest absolute Gasteiger partial charge is 0.325 e. The molecule has 1 saturated heterocycles. The molecule has 0 atom stereocenters. The van der Waals surface area contributed by atoms with Crippen molar-refractivity contribution in [2.24, 2.45) is 0 Å². The molecule has 1 fully saturated rings. The largest absolute Gasteiger partial charge is 0.465 e. The summed E-state index contributed by atoms with van der Waals surface area (Å²) in [6, 6.07) is 0. The van der Waals surface area contributed by atoms with E-state index >= 15 is 0 Å². The van der Waals surface area contributed by atoms with Gasteiger partial charge in [-0.2, -0.15) is 0 Å². The minimum atomic E-state index is -0.498. The first-order valence-corrected chi connectivity index (χ1v) is 5.72. The Balaban J connectivity index is 2.60. The fourth-order valence-electron chi connectivity index (χ4n) is 1.84. The third-order valence-electron chi connectivity index (χ3n) is 2.91. The van der Waals surface area contributed by atoms with Gasteiger partial charge in [0.05, 0.1) is 6.61 Å². The van der Waals surface area contributed by atoms with Crippen LogP contribution in [-0.4, -0.2) is 49.2 Å². The fraction of sp³-hybridized carbons (Fsp3) is 0.909. The molecule has 0 saturated carbocycles. The standard InChI is InChI=1S/C11H22N2O2/c1-4-15-10(14)11(2,3)13-8-5-6-12-7-9-13/h12H,4-9H2,1-3H3. The van der Waals surface area contributed by atoms with Crippen LogP contribution in [0.5, 0.6) is 0 Å². The quantitative estimate of drug-likeness (QED) is 0.699. The maximum absolute atomic E-state index is 11.8. The number of nitrogens with zero attached hydrogens (tertiary/aromatic N) is 1. The van der Waals surface area contributed by atoms with Crippen molar-refractivity contribution in [3.05, 3.63) is 0 Å². The van der Waals surface area contributed by atoms with Gasteiger partial charge in [-0.3, -0.25) is 9.69 Å². The van der Waals surface area contributed by atoms with Crippen LogP contribution < -0.4 is 5.32 Å². The van der Waals surface area contributed by atoms with Gasteiger partial charge in [0.1, 0.15) is 5.54 Å². The van der Waals surface area contributed by atoms with E-state index in [0.717, 1.165) is 32.6 Å². The van der Waals surface area contributed by atoms with Gasteiger partial charge in [0, 0.05) is 19.6 Å². The Morgan fingerprint density at radius 3 is 2.80 bits per heavy atom. The molecule has 15 heavy (non-hydrogen) atoms. The molecule has 1 aliphatic heterocycles. The average Bonchev–Trinajstić information content (AvgIpc) is 2.46. The Bertz CT molecular complexity index is 209. The highest BCUT2D eigenvalue weighted by Gasteiger charge is 2.35. The first-order chi connectivity index (χ1) is 7.09. The number of ether oxygens (including phenoxy) is 1. The van der Waals surface area contributed by atoms with Gasteiger partial charge in [-0.25, -0.2) is 0 Å². The van der Waals surface area contributed by atoms with Gasteiger partial charge in [0.15, 0.2) is 0 Å². The summed E-state index contributed by atoms with van der Waals surface area (Å²) in [5.74, 6) is -0.119. The average molecular weight is 214 g/mol. The van der Waals surface area contributed by atoms with Crippen molar-refractivity contribution in [1.29, 1.82) is 0 Å². The lowest BCUT2D eigenvalue weighted by Crippen LogP contribution is -2.52. The minimum absolute atomic E-state index is 0.119. The van der Waals surface area contributed by atoms with Crippen LogP contribution in [-0.2, 0) is 9.53 Å². The van der Waals surface area contributed by atoms with E-state index < -0.39 is 5.54 Å². The van der Waals surface area contributed by atoms with Crippen molar-refractivity contribution in [2.45, 2.75) is 32.7 Å². The van der Waals surface area contributed by atoms with E-state index in [1.165, 1.54) is 0 Å². The predicted molar refractivity (Wildman–Crippen MR) is 59.8 cm³/mol. The summed E-state index contributed by atoms with van der Waals surface area (Å²) in [6.45, 7) is 10.0. The first kappa shape index (κ1) is 12.5. The number of hydrogen-bond donors (Lipinski definition) is 1.